The van der Waals surface area contributed by atoms with E-state index >= 15 is 0 Å². The number of anilines is 1. The van der Waals surface area contributed by atoms with Crippen LogP contribution in [0.1, 0.15) is 12.0 Å². The van der Waals surface area contributed by atoms with Gasteiger partial charge in [-0.05, 0) is 24.6 Å². The molecule has 0 saturated heterocycles. The van der Waals surface area contributed by atoms with Crippen molar-refractivity contribution >= 4 is 29.0 Å². The van der Waals surface area contributed by atoms with E-state index in [1.54, 1.807) is 18.2 Å². The van der Waals surface area contributed by atoms with Crippen molar-refractivity contribution in [1.29, 1.82) is 5.41 Å². The fourth-order valence-corrected chi connectivity index (χ4v) is 1.28. The Labute approximate surface area is 92.9 Å². The van der Waals surface area contributed by atoms with Gasteiger partial charge in [0.25, 0.3) is 0 Å². The van der Waals surface area contributed by atoms with Gasteiger partial charge in [-0.25, -0.2) is 0 Å². The van der Waals surface area contributed by atoms with Gasteiger partial charge in [-0.1, -0.05) is 17.7 Å². The first-order chi connectivity index (χ1) is 7.00. The lowest BCUT2D eigenvalue weighted by Crippen LogP contribution is -2.21. The van der Waals surface area contributed by atoms with Crippen molar-refractivity contribution in [3.05, 3.63) is 28.8 Å². The van der Waals surface area contributed by atoms with Crippen molar-refractivity contribution in [3.63, 3.8) is 0 Å². The molecule has 0 fully saturated rings. The first-order valence-corrected chi connectivity index (χ1v) is 4.76. The molecule has 0 spiro atoms. The molecule has 0 radical (unpaired) electrons. The molecule has 5 heteroatoms. The highest BCUT2D eigenvalue weighted by Crippen LogP contribution is 2.22. The van der Waals surface area contributed by atoms with E-state index in [1.165, 1.54) is 0 Å². The summed E-state index contributed by atoms with van der Waals surface area (Å²) in [5, 5.41) is 10.2. The summed E-state index contributed by atoms with van der Waals surface area (Å²) in [6.07, 6.45) is -0.105. The third-order valence-corrected chi connectivity index (χ3v) is 2.30. The molecule has 0 bridgehead atoms. The summed E-state index contributed by atoms with van der Waals surface area (Å²) < 4.78 is 0. The van der Waals surface area contributed by atoms with E-state index in [1.807, 2.05) is 6.92 Å². The molecule has 1 rings (SSSR count). The molecule has 0 aliphatic heterocycles. The second kappa shape index (κ2) is 4.79. The number of amides is 1. The molecule has 0 unspecified atom stereocenters. The molecule has 0 aromatic heterocycles. The SMILES string of the molecule is Cc1c(Cl)cccc1NC(=O)CC(=N)N. The number of nitrogens with one attached hydrogen (secondary N) is 2. The fraction of sp³-hybridized carbons (Fsp3) is 0.200. The van der Waals surface area contributed by atoms with Crippen LogP contribution in [0.4, 0.5) is 5.69 Å². The summed E-state index contributed by atoms with van der Waals surface area (Å²) in [5.41, 5.74) is 6.56. The van der Waals surface area contributed by atoms with Gasteiger partial charge in [0.1, 0.15) is 5.84 Å². The topological polar surface area (TPSA) is 79.0 Å². The molecule has 15 heavy (non-hydrogen) atoms. The van der Waals surface area contributed by atoms with Crippen LogP contribution in [0.3, 0.4) is 0 Å². The van der Waals surface area contributed by atoms with Crippen LogP contribution in [-0.4, -0.2) is 11.7 Å². The average Bonchev–Trinajstić information content (AvgIpc) is 2.11. The number of carbonyl (C=O) groups is 1. The number of nitrogens with two attached hydrogens (primary N) is 1. The van der Waals surface area contributed by atoms with Crippen LogP contribution in [0.15, 0.2) is 18.2 Å². The van der Waals surface area contributed by atoms with E-state index in [-0.39, 0.29) is 18.2 Å². The van der Waals surface area contributed by atoms with Crippen molar-refractivity contribution in [2.45, 2.75) is 13.3 Å². The van der Waals surface area contributed by atoms with Gasteiger partial charge in [-0.2, -0.15) is 0 Å². The second-order valence-corrected chi connectivity index (χ2v) is 3.57. The summed E-state index contributed by atoms with van der Waals surface area (Å²) in [7, 11) is 0. The minimum atomic E-state index is -0.312. The third kappa shape index (κ3) is 3.25. The van der Waals surface area contributed by atoms with Crippen LogP contribution < -0.4 is 11.1 Å². The first-order valence-electron chi connectivity index (χ1n) is 4.38. The van der Waals surface area contributed by atoms with E-state index < -0.39 is 0 Å². The monoisotopic (exact) mass is 225 g/mol. The summed E-state index contributed by atoms with van der Waals surface area (Å²) in [6.45, 7) is 1.81. The van der Waals surface area contributed by atoms with E-state index in [4.69, 9.17) is 22.7 Å². The van der Waals surface area contributed by atoms with Crippen LogP contribution in [-0.2, 0) is 4.79 Å². The van der Waals surface area contributed by atoms with Crippen molar-refractivity contribution in [2.24, 2.45) is 5.73 Å². The van der Waals surface area contributed by atoms with Crippen molar-refractivity contribution in [2.75, 3.05) is 5.32 Å². The Balaban J connectivity index is 2.77. The predicted molar refractivity (Wildman–Crippen MR) is 61.3 cm³/mol. The Morgan fingerprint density at radius 2 is 2.27 bits per heavy atom. The van der Waals surface area contributed by atoms with Gasteiger partial charge in [-0.15, -0.1) is 0 Å². The highest BCUT2D eigenvalue weighted by molar-refractivity contribution is 6.31. The number of benzene rings is 1. The van der Waals surface area contributed by atoms with Crippen molar-refractivity contribution in [3.8, 4) is 0 Å². The van der Waals surface area contributed by atoms with Crippen LogP contribution in [0.25, 0.3) is 0 Å². The lowest BCUT2D eigenvalue weighted by Gasteiger charge is -2.08. The average molecular weight is 226 g/mol. The van der Waals surface area contributed by atoms with Gasteiger partial charge in [0.15, 0.2) is 0 Å². The standard InChI is InChI=1S/C10H12ClN3O/c1-6-7(11)3-2-4-8(6)14-10(15)5-9(12)13/h2-4H,5H2,1H3,(H3,12,13)(H,14,15). The quantitative estimate of drug-likeness (QED) is 0.543. The molecule has 0 saturated carbocycles. The summed E-state index contributed by atoms with van der Waals surface area (Å²) in [5.74, 6) is -0.472. The largest absolute Gasteiger partial charge is 0.387 e. The molecule has 4 N–H and O–H groups in total. The van der Waals surface area contributed by atoms with Gasteiger partial charge < -0.3 is 11.1 Å². The zero-order valence-corrected chi connectivity index (χ0v) is 9.06. The van der Waals surface area contributed by atoms with E-state index in [0.29, 0.717) is 10.7 Å². The van der Waals surface area contributed by atoms with Crippen LogP contribution in [0, 0.1) is 12.3 Å². The molecular formula is C10H12ClN3O. The normalized spacial score (nSPS) is 9.73. The zero-order valence-electron chi connectivity index (χ0n) is 8.30. The van der Waals surface area contributed by atoms with Crippen molar-refractivity contribution < 1.29 is 4.79 Å². The Kier molecular flexibility index (Phi) is 3.68. The molecule has 1 aromatic rings. The molecule has 1 amide bonds. The molecule has 4 nitrogen and oxygen atoms in total. The second-order valence-electron chi connectivity index (χ2n) is 3.16. The molecule has 0 aliphatic rings. The Morgan fingerprint density at radius 1 is 1.60 bits per heavy atom. The zero-order chi connectivity index (χ0) is 11.4. The molecular weight excluding hydrogens is 214 g/mol. The number of carbonyl (C=O) groups excluding carboxylic acids is 1. The van der Waals surface area contributed by atoms with Gasteiger partial charge in [-0.3, -0.25) is 10.2 Å². The van der Waals surface area contributed by atoms with E-state index in [2.05, 4.69) is 5.32 Å². The number of hydrogen-bond donors (Lipinski definition) is 3. The molecule has 0 atom stereocenters. The molecule has 80 valence electrons. The number of rotatable bonds is 3. The summed E-state index contributed by atoms with van der Waals surface area (Å²) >= 11 is 5.88. The maximum absolute atomic E-state index is 11.3. The Bertz CT molecular complexity index is 404. The minimum Gasteiger partial charge on any atom is -0.387 e. The Morgan fingerprint density at radius 3 is 2.87 bits per heavy atom. The van der Waals surface area contributed by atoms with E-state index in [0.717, 1.165) is 5.56 Å². The molecule has 0 heterocycles. The van der Waals surface area contributed by atoms with Crippen LogP contribution >= 0.6 is 11.6 Å². The predicted octanol–water partition coefficient (Wildman–Crippen LogP) is 1.91. The van der Waals surface area contributed by atoms with Gasteiger partial charge >= 0.3 is 0 Å². The van der Waals surface area contributed by atoms with Crippen LogP contribution in [0.2, 0.25) is 5.02 Å². The smallest absolute Gasteiger partial charge is 0.231 e. The maximum Gasteiger partial charge on any atom is 0.231 e. The Hall–Kier alpha value is -1.55. The lowest BCUT2D eigenvalue weighted by atomic mass is 10.2. The molecule has 1 aromatic carbocycles. The van der Waals surface area contributed by atoms with Gasteiger partial charge in [0.2, 0.25) is 5.91 Å². The number of hydrogen-bond acceptors (Lipinski definition) is 2. The lowest BCUT2D eigenvalue weighted by molar-refractivity contribution is -0.115. The first kappa shape index (κ1) is 11.5. The van der Waals surface area contributed by atoms with E-state index in [9.17, 15) is 4.79 Å². The molecule has 0 aliphatic carbocycles. The minimum absolute atomic E-state index is 0.105. The number of amidine groups is 1. The van der Waals surface area contributed by atoms with Gasteiger partial charge in [0, 0.05) is 10.7 Å². The highest BCUT2D eigenvalue weighted by Gasteiger charge is 2.07. The van der Waals surface area contributed by atoms with Crippen molar-refractivity contribution in [1.82, 2.24) is 0 Å². The highest BCUT2D eigenvalue weighted by atomic mass is 35.5. The fourth-order valence-electron chi connectivity index (χ4n) is 1.11. The third-order valence-electron chi connectivity index (χ3n) is 1.89. The summed E-state index contributed by atoms with van der Waals surface area (Å²) in [6, 6.07) is 5.25. The van der Waals surface area contributed by atoms with Gasteiger partial charge in [0.05, 0.1) is 6.42 Å². The number of halogens is 1. The summed E-state index contributed by atoms with van der Waals surface area (Å²) in [4.78, 5) is 11.3. The maximum atomic E-state index is 11.3. The van der Waals surface area contributed by atoms with Crippen LogP contribution in [0.5, 0.6) is 0 Å².